The largest absolute Gasteiger partial charge is 0.360 e. The number of pyridine rings is 1. The molecule has 0 radical (unpaired) electrons. The number of anilines is 2. The van der Waals surface area contributed by atoms with Crippen LogP contribution in [0.4, 0.5) is 11.6 Å². The van der Waals surface area contributed by atoms with Crippen LogP contribution in [-0.4, -0.2) is 53.2 Å². The third-order valence-electron chi connectivity index (χ3n) is 4.33. The number of rotatable bonds is 4. The van der Waals surface area contributed by atoms with Gasteiger partial charge in [-0.25, -0.2) is 4.98 Å². The minimum atomic E-state index is -0.279. The van der Waals surface area contributed by atoms with E-state index >= 15 is 0 Å². The van der Waals surface area contributed by atoms with Gasteiger partial charge in [-0.15, -0.1) is 0 Å². The Morgan fingerprint density at radius 1 is 1.40 bits per heavy atom. The van der Waals surface area contributed by atoms with Crippen LogP contribution in [0, 0.1) is 18.3 Å². The third kappa shape index (κ3) is 3.78. The molecule has 3 heterocycles. The molecule has 8 heteroatoms. The maximum absolute atomic E-state index is 12.4. The van der Waals surface area contributed by atoms with Gasteiger partial charge >= 0.3 is 0 Å². The summed E-state index contributed by atoms with van der Waals surface area (Å²) in [4.78, 5) is 20.9. The number of aryl methyl sites for hydroxylation is 1. The van der Waals surface area contributed by atoms with Crippen LogP contribution < -0.4 is 10.2 Å². The van der Waals surface area contributed by atoms with Gasteiger partial charge in [-0.2, -0.15) is 5.26 Å². The van der Waals surface area contributed by atoms with Crippen molar-refractivity contribution in [3.8, 4) is 6.07 Å². The van der Waals surface area contributed by atoms with Gasteiger partial charge in [-0.1, -0.05) is 5.16 Å². The van der Waals surface area contributed by atoms with Crippen LogP contribution in [0.25, 0.3) is 0 Å². The van der Waals surface area contributed by atoms with Gasteiger partial charge in [0.1, 0.15) is 17.6 Å². The van der Waals surface area contributed by atoms with Crippen molar-refractivity contribution in [1.29, 1.82) is 5.26 Å². The number of hydrogen-bond donors (Lipinski definition) is 1. The molecule has 1 unspecified atom stereocenters. The monoisotopic (exact) mass is 340 g/mol. The van der Waals surface area contributed by atoms with E-state index in [1.807, 2.05) is 6.92 Å². The minimum absolute atomic E-state index is 0.114. The second-order valence-corrected chi connectivity index (χ2v) is 6.00. The normalized spacial score (nSPS) is 16.3. The van der Waals surface area contributed by atoms with Gasteiger partial charge in [0.25, 0.3) is 0 Å². The molecule has 1 fully saturated rings. The van der Waals surface area contributed by atoms with Gasteiger partial charge < -0.3 is 14.7 Å². The summed E-state index contributed by atoms with van der Waals surface area (Å²) in [7, 11) is 0. The number of piperazine rings is 1. The van der Waals surface area contributed by atoms with Gasteiger partial charge in [0, 0.05) is 38.4 Å². The van der Waals surface area contributed by atoms with Crippen LogP contribution in [0.2, 0.25) is 0 Å². The van der Waals surface area contributed by atoms with E-state index in [4.69, 9.17) is 4.52 Å². The molecular weight excluding hydrogens is 320 g/mol. The third-order valence-corrected chi connectivity index (χ3v) is 4.33. The van der Waals surface area contributed by atoms with Gasteiger partial charge in [-0.05, 0) is 26.0 Å². The number of aromatic nitrogens is 2. The lowest BCUT2D eigenvalue weighted by molar-refractivity contribution is -0.120. The molecule has 0 bridgehead atoms. The molecule has 0 spiro atoms. The zero-order chi connectivity index (χ0) is 17.8. The molecule has 0 aliphatic carbocycles. The fourth-order valence-corrected chi connectivity index (χ4v) is 2.88. The molecule has 1 aliphatic rings. The zero-order valence-electron chi connectivity index (χ0n) is 14.3. The molecule has 1 amide bonds. The highest BCUT2D eigenvalue weighted by atomic mass is 16.5. The summed E-state index contributed by atoms with van der Waals surface area (Å²) in [6.45, 7) is 6.51. The second-order valence-electron chi connectivity index (χ2n) is 6.00. The molecule has 1 N–H and O–H groups in total. The van der Waals surface area contributed by atoms with Gasteiger partial charge in [-0.3, -0.25) is 9.69 Å². The molecule has 8 nitrogen and oxygen atoms in total. The molecule has 0 saturated carbocycles. The number of nitrogens with zero attached hydrogens (tertiary/aromatic N) is 5. The van der Waals surface area contributed by atoms with Crippen molar-refractivity contribution >= 4 is 17.5 Å². The fourth-order valence-electron chi connectivity index (χ4n) is 2.88. The Kier molecular flexibility index (Phi) is 4.95. The smallest absolute Gasteiger partial charge is 0.242 e. The van der Waals surface area contributed by atoms with Crippen molar-refractivity contribution < 1.29 is 9.32 Å². The van der Waals surface area contributed by atoms with E-state index in [1.165, 1.54) is 0 Å². The first-order chi connectivity index (χ1) is 12.1. The van der Waals surface area contributed by atoms with E-state index in [0.29, 0.717) is 49.1 Å². The minimum Gasteiger partial charge on any atom is -0.360 e. The quantitative estimate of drug-likeness (QED) is 0.898. The standard InChI is InChI=1S/C17H20N6O2/c1-12-10-15(21-25-12)20-17(24)13(2)22-6-8-23(9-7-22)16-14(11-18)4-3-5-19-16/h3-5,10,13H,6-9H2,1-2H3,(H,20,21,24). The summed E-state index contributed by atoms with van der Waals surface area (Å²) in [6.07, 6.45) is 1.69. The maximum atomic E-state index is 12.4. The van der Waals surface area contributed by atoms with E-state index in [0.717, 1.165) is 0 Å². The van der Waals surface area contributed by atoms with Gasteiger partial charge in [0.2, 0.25) is 5.91 Å². The Hall–Kier alpha value is -2.92. The van der Waals surface area contributed by atoms with Crippen molar-refractivity contribution in [2.24, 2.45) is 0 Å². The molecule has 1 saturated heterocycles. The topological polar surface area (TPSA) is 98.3 Å². The van der Waals surface area contributed by atoms with Crippen molar-refractivity contribution in [2.45, 2.75) is 19.9 Å². The number of nitrogens with one attached hydrogen (secondary N) is 1. The van der Waals surface area contributed by atoms with Crippen molar-refractivity contribution in [3.63, 3.8) is 0 Å². The van der Waals surface area contributed by atoms with E-state index in [-0.39, 0.29) is 11.9 Å². The van der Waals surface area contributed by atoms with Crippen LogP contribution in [0.1, 0.15) is 18.2 Å². The highest BCUT2D eigenvalue weighted by Gasteiger charge is 2.27. The summed E-state index contributed by atoms with van der Waals surface area (Å²) in [5, 5.41) is 15.8. The molecular formula is C17H20N6O2. The Bertz CT molecular complexity index is 788. The second kappa shape index (κ2) is 7.32. The zero-order valence-corrected chi connectivity index (χ0v) is 14.3. The average Bonchev–Trinajstić information content (AvgIpc) is 3.06. The molecule has 25 heavy (non-hydrogen) atoms. The summed E-state index contributed by atoms with van der Waals surface area (Å²) in [6, 6.07) is 7.11. The van der Waals surface area contributed by atoms with Crippen molar-refractivity contribution in [1.82, 2.24) is 15.0 Å². The summed E-state index contributed by atoms with van der Waals surface area (Å²) in [5.41, 5.74) is 0.572. The van der Waals surface area contributed by atoms with E-state index in [2.05, 4.69) is 31.3 Å². The van der Waals surface area contributed by atoms with Crippen LogP contribution in [0.5, 0.6) is 0 Å². The summed E-state index contributed by atoms with van der Waals surface area (Å²) in [5.74, 6) is 1.68. The number of carbonyl (C=O) groups excluding carboxylic acids is 1. The average molecular weight is 340 g/mol. The Morgan fingerprint density at radius 3 is 2.80 bits per heavy atom. The van der Waals surface area contributed by atoms with E-state index in [9.17, 15) is 10.1 Å². The first-order valence-electron chi connectivity index (χ1n) is 8.17. The Labute approximate surface area is 146 Å². The SMILES string of the molecule is Cc1cc(NC(=O)C(C)N2CCN(c3ncccc3C#N)CC2)no1. The number of hydrogen-bond acceptors (Lipinski definition) is 7. The van der Waals surface area contributed by atoms with Gasteiger partial charge in [0.15, 0.2) is 5.82 Å². The number of carbonyl (C=O) groups is 1. The summed E-state index contributed by atoms with van der Waals surface area (Å²) >= 11 is 0. The molecule has 1 aliphatic heterocycles. The fraction of sp³-hybridized carbons (Fsp3) is 0.412. The van der Waals surface area contributed by atoms with Crippen LogP contribution in [-0.2, 0) is 4.79 Å². The highest BCUT2D eigenvalue weighted by molar-refractivity contribution is 5.93. The van der Waals surface area contributed by atoms with Crippen molar-refractivity contribution in [2.75, 3.05) is 36.4 Å². The van der Waals surface area contributed by atoms with E-state index in [1.54, 1.807) is 31.3 Å². The van der Waals surface area contributed by atoms with Crippen LogP contribution in [0.3, 0.4) is 0 Å². The van der Waals surface area contributed by atoms with E-state index < -0.39 is 0 Å². The Morgan fingerprint density at radius 2 is 2.16 bits per heavy atom. The number of nitriles is 1. The lowest BCUT2D eigenvalue weighted by Gasteiger charge is -2.38. The highest BCUT2D eigenvalue weighted by Crippen LogP contribution is 2.19. The molecule has 130 valence electrons. The molecule has 2 aromatic rings. The Balaban J connectivity index is 1.58. The number of amides is 1. The first-order valence-corrected chi connectivity index (χ1v) is 8.17. The summed E-state index contributed by atoms with van der Waals surface area (Å²) < 4.78 is 4.96. The van der Waals surface area contributed by atoms with Gasteiger partial charge in [0.05, 0.1) is 11.6 Å². The van der Waals surface area contributed by atoms with Crippen LogP contribution in [0.15, 0.2) is 28.9 Å². The predicted octanol–water partition coefficient (Wildman–Crippen LogP) is 1.40. The molecule has 0 aromatic carbocycles. The maximum Gasteiger partial charge on any atom is 0.242 e. The molecule has 1 atom stereocenters. The van der Waals surface area contributed by atoms with Crippen molar-refractivity contribution in [3.05, 3.63) is 35.7 Å². The molecule has 3 rings (SSSR count). The predicted molar refractivity (Wildman–Crippen MR) is 92.1 cm³/mol. The molecule has 2 aromatic heterocycles. The first kappa shape index (κ1) is 16.9. The van der Waals surface area contributed by atoms with Crippen LogP contribution >= 0.6 is 0 Å². The lowest BCUT2D eigenvalue weighted by Crippen LogP contribution is -2.53. The lowest BCUT2D eigenvalue weighted by atomic mass is 10.2.